The lowest BCUT2D eigenvalue weighted by molar-refractivity contribution is -0.302. The highest BCUT2D eigenvalue weighted by Crippen LogP contribution is 2.23. The summed E-state index contributed by atoms with van der Waals surface area (Å²) in [6.45, 7) is 3.81. The molecule has 1 saturated heterocycles. The van der Waals surface area contributed by atoms with Gasteiger partial charge in [0, 0.05) is 6.42 Å². The first-order chi connectivity index (χ1) is 32.8. The molecule has 1 rings (SSSR count). The fourth-order valence-corrected chi connectivity index (χ4v) is 9.69. The number of aliphatic hydroxyl groups excluding tert-OH is 5. The first-order valence-corrected chi connectivity index (χ1v) is 29.4. The number of hydrogen-bond donors (Lipinski definition) is 6. The first kappa shape index (κ1) is 63.9. The number of carbonyl (C=O) groups is 1. The number of ether oxygens (including phenoxy) is 2. The van der Waals surface area contributed by atoms with Crippen molar-refractivity contribution in [1.29, 1.82) is 0 Å². The van der Waals surface area contributed by atoms with Crippen LogP contribution in [0.2, 0.25) is 0 Å². The third-order valence-corrected chi connectivity index (χ3v) is 14.4. The Kier molecular flexibility index (Phi) is 46.3. The van der Waals surface area contributed by atoms with Crippen molar-refractivity contribution in [3.63, 3.8) is 0 Å². The van der Waals surface area contributed by atoms with Gasteiger partial charge in [-0.15, -0.1) is 0 Å². The van der Waals surface area contributed by atoms with Crippen LogP contribution in [0.25, 0.3) is 0 Å². The standard InChI is InChI=1S/C58H113NO8/c1-3-5-7-9-11-13-15-17-19-20-21-22-23-24-25-26-27-28-29-30-31-32-33-34-36-38-40-42-44-46-48-54(62)59-51(50-66-58-57(65)56(64)55(63)53(49-60)67-58)52(61)47-45-43-41-39-37-35-18-16-14-12-10-8-6-4-2/h45,47,51-53,55-58,60-61,63-65H,3-44,46,48-50H2,1-2H3,(H,59,62)/b47-45+. The van der Waals surface area contributed by atoms with Crippen molar-refractivity contribution in [1.82, 2.24) is 5.32 Å². The number of allylic oxidation sites excluding steroid dienone is 1. The molecule has 0 bridgehead atoms. The van der Waals surface area contributed by atoms with Gasteiger partial charge in [0.05, 0.1) is 25.4 Å². The van der Waals surface area contributed by atoms with Crippen molar-refractivity contribution in [2.24, 2.45) is 0 Å². The van der Waals surface area contributed by atoms with Gasteiger partial charge >= 0.3 is 0 Å². The number of aliphatic hydroxyl groups is 5. The van der Waals surface area contributed by atoms with E-state index in [-0.39, 0.29) is 12.5 Å². The number of hydrogen-bond acceptors (Lipinski definition) is 8. The lowest BCUT2D eigenvalue weighted by Gasteiger charge is -2.40. The number of rotatable bonds is 51. The Morgan fingerprint density at radius 1 is 0.493 bits per heavy atom. The maximum Gasteiger partial charge on any atom is 0.220 e. The van der Waals surface area contributed by atoms with Crippen molar-refractivity contribution in [3.8, 4) is 0 Å². The summed E-state index contributed by atoms with van der Waals surface area (Å²) in [6, 6.07) is -0.799. The molecular formula is C58H113NO8. The summed E-state index contributed by atoms with van der Waals surface area (Å²) < 4.78 is 11.3. The third kappa shape index (κ3) is 38.3. The first-order valence-electron chi connectivity index (χ1n) is 29.4. The molecule has 1 fully saturated rings. The topological polar surface area (TPSA) is 149 Å². The second-order valence-corrected chi connectivity index (χ2v) is 20.8. The molecule has 7 atom stereocenters. The Balaban J connectivity index is 2.12. The fourth-order valence-electron chi connectivity index (χ4n) is 9.69. The zero-order valence-electron chi connectivity index (χ0n) is 44.2. The summed E-state index contributed by atoms with van der Waals surface area (Å²) >= 11 is 0. The molecule has 0 saturated carbocycles. The van der Waals surface area contributed by atoms with Gasteiger partial charge < -0.3 is 40.3 Å². The summed E-state index contributed by atoms with van der Waals surface area (Å²) in [5, 5.41) is 54.4. The van der Waals surface area contributed by atoms with E-state index in [0.717, 1.165) is 38.5 Å². The lowest BCUT2D eigenvalue weighted by Crippen LogP contribution is -2.60. The molecule has 1 heterocycles. The molecule has 9 nitrogen and oxygen atoms in total. The van der Waals surface area contributed by atoms with E-state index < -0.39 is 49.5 Å². The van der Waals surface area contributed by atoms with Gasteiger partial charge in [-0.05, 0) is 19.3 Å². The molecule has 398 valence electrons. The number of unbranched alkanes of at least 4 members (excludes halogenated alkanes) is 41. The molecule has 0 radical (unpaired) electrons. The molecule has 0 spiro atoms. The molecule has 0 aromatic heterocycles. The van der Waals surface area contributed by atoms with Crippen LogP contribution in [0.3, 0.4) is 0 Å². The van der Waals surface area contributed by atoms with Crippen LogP contribution in [0.5, 0.6) is 0 Å². The molecule has 0 aromatic carbocycles. The minimum absolute atomic E-state index is 0.170. The monoisotopic (exact) mass is 952 g/mol. The summed E-state index contributed by atoms with van der Waals surface area (Å²) in [7, 11) is 0. The average Bonchev–Trinajstić information content (AvgIpc) is 3.33. The van der Waals surface area contributed by atoms with Crippen LogP contribution in [-0.4, -0.2) is 87.5 Å². The van der Waals surface area contributed by atoms with Gasteiger partial charge in [-0.2, -0.15) is 0 Å². The Morgan fingerprint density at radius 2 is 0.821 bits per heavy atom. The zero-order chi connectivity index (χ0) is 48.7. The molecule has 7 unspecified atom stereocenters. The Morgan fingerprint density at radius 3 is 1.16 bits per heavy atom. The number of amides is 1. The maximum atomic E-state index is 13.0. The molecule has 6 N–H and O–H groups in total. The van der Waals surface area contributed by atoms with Crippen molar-refractivity contribution in [2.45, 2.75) is 339 Å². The summed E-state index contributed by atoms with van der Waals surface area (Å²) in [6.07, 6.45) is 52.9. The Bertz CT molecular complexity index is 1060. The predicted molar refractivity (Wildman–Crippen MR) is 281 cm³/mol. The van der Waals surface area contributed by atoms with Crippen LogP contribution in [0.15, 0.2) is 12.2 Å². The highest BCUT2D eigenvalue weighted by Gasteiger charge is 2.44. The van der Waals surface area contributed by atoms with E-state index in [1.54, 1.807) is 6.08 Å². The Labute approximate surface area is 414 Å². The van der Waals surface area contributed by atoms with E-state index in [0.29, 0.717) is 6.42 Å². The van der Waals surface area contributed by atoms with Crippen LogP contribution in [-0.2, 0) is 14.3 Å². The third-order valence-electron chi connectivity index (χ3n) is 14.4. The van der Waals surface area contributed by atoms with Gasteiger partial charge in [0.2, 0.25) is 5.91 Å². The van der Waals surface area contributed by atoms with Gasteiger partial charge in [-0.25, -0.2) is 0 Å². The van der Waals surface area contributed by atoms with Crippen LogP contribution in [0.1, 0.15) is 296 Å². The van der Waals surface area contributed by atoms with E-state index in [9.17, 15) is 30.3 Å². The smallest absolute Gasteiger partial charge is 0.220 e. The van der Waals surface area contributed by atoms with Crippen molar-refractivity contribution >= 4 is 5.91 Å². The van der Waals surface area contributed by atoms with Crippen molar-refractivity contribution in [2.75, 3.05) is 13.2 Å². The zero-order valence-corrected chi connectivity index (χ0v) is 44.2. The number of nitrogens with one attached hydrogen (secondary N) is 1. The molecule has 0 aliphatic carbocycles. The highest BCUT2D eigenvalue weighted by molar-refractivity contribution is 5.76. The van der Waals surface area contributed by atoms with E-state index in [1.807, 2.05) is 6.08 Å². The second kappa shape index (κ2) is 48.6. The van der Waals surface area contributed by atoms with E-state index >= 15 is 0 Å². The van der Waals surface area contributed by atoms with Gasteiger partial charge in [0.25, 0.3) is 0 Å². The SMILES string of the molecule is CCCCCCCCCCCCCC/C=C/C(O)C(COC1OC(CO)C(O)C(O)C1O)NC(=O)CCCCCCCCCCCCCCCCCCCCCCCCCCCCCCCC. The largest absolute Gasteiger partial charge is 0.394 e. The number of carbonyl (C=O) groups excluding carboxylic acids is 1. The molecule has 9 heteroatoms. The van der Waals surface area contributed by atoms with Gasteiger partial charge in [0.15, 0.2) is 6.29 Å². The van der Waals surface area contributed by atoms with E-state index in [4.69, 9.17) is 9.47 Å². The highest BCUT2D eigenvalue weighted by atomic mass is 16.7. The van der Waals surface area contributed by atoms with Crippen LogP contribution in [0, 0.1) is 0 Å². The van der Waals surface area contributed by atoms with Gasteiger partial charge in [-0.3, -0.25) is 4.79 Å². The van der Waals surface area contributed by atoms with Gasteiger partial charge in [-0.1, -0.05) is 283 Å². The molecule has 1 aliphatic heterocycles. The predicted octanol–water partition coefficient (Wildman–Crippen LogP) is 14.4. The summed E-state index contributed by atoms with van der Waals surface area (Å²) in [5.74, 6) is -0.170. The van der Waals surface area contributed by atoms with Crippen molar-refractivity contribution < 1.29 is 39.8 Å². The second-order valence-electron chi connectivity index (χ2n) is 20.8. The minimum atomic E-state index is -1.56. The molecule has 0 aromatic rings. The maximum absolute atomic E-state index is 13.0. The molecular weight excluding hydrogens is 839 g/mol. The fraction of sp³-hybridized carbons (Fsp3) is 0.948. The van der Waals surface area contributed by atoms with Gasteiger partial charge in [0.1, 0.15) is 24.4 Å². The van der Waals surface area contributed by atoms with E-state index in [2.05, 4.69) is 19.2 Å². The van der Waals surface area contributed by atoms with Crippen molar-refractivity contribution in [3.05, 3.63) is 12.2 Å². The van der Waals surface area contributed by atoms with E-state index in [1.165, 1.54) is 238 Å². The summed E-state index contributed by atoms with van der Waals surface area (Å²) in [4.78, 5) is 13.0. The molecule has 67 heavy (non-hydrogen) atoms. The van der Waals surface area contributed by atoms with Crippen LogP contribution >= 0.6 is 0 Å². The van der Waals surface area contributed by atoms with Crippen LogP contribution in [0.4, 0.5) is 0 Å². The quantitative estimate of drug-likeness (QED) is 0.0261. The molecule has 1 aliphatic rings. The minimum Gasteiger partial charge on any atom is -0.394 e. The van der Waals surface area contributed by atoms with Crippen LogP contribution < -0.4 is 5.32 Å². The molecule has 1 amide bonds. The Hall–Kier alpha value is -1.07. The average molecular weight is 953 g/mol. The normalized spacial score (nSPS) is 19.7. The lowest BCUT2D eigenvalue weighted by atomic mass is 9.99. The summed E-state index contributed by atoms with van der Waals surface area (Å²) in [5.41, 5.74) is 0.